The molecule has 1 fully saturated rings. The van der Waals surface area contributed by atoms with Gasteiger partial charge in [0.1, 0.15) is 6.42 Å². The molecule has 2 atom stereocenters. The molecule has 3 nitrogen and oxygen atoms in total. The van der Waals surface area contributed by atoms with Crippen LogP contribution in [0.25, 0.3) is 33.6 Å². The Morgan fingerprint density at radius 3 is 1.74 bits per heavy atom. The lowest BCUT2D eigenvalue weighted by Crippen LogP contribution is -2.66. The van der Waals surface area contributed by atoms with Crippen LogP contribution < -0.4 is 14.0 Å². The summed E-state index contributed by atoms with van der Waals surface area (Å²) in [7, 11) is 0. The van der Waals surface area contributed by atoms with Crippen molar-refractivity contribution in [3.8, 4) is 33.6 Å². The van der Waals surface area contributed by atoms with Crippen LogP contribution in [0.3, 0.4) is 0 Å². The average Bonchev–Trinajstić information content (AvgIpc) is 3.74. The molecule has 1 saturated carbocycles. The number of hydrogen-bond donors (Lipinski definition) is 0. The summed E-state index contributed by atoms with van der Waals surface area (Å²) in [6.07, 6.45) is 5.71. The normalized spacial score (nSPS) is 22.9. The van der Waals surface area contributed by atoms with Crippen molar-refractivity contribution < 1.29 is 9.13 Å². The van der Waals surface area contributed by atoms with Crippen molar-refractivity contribution >= 4 is 17.1 Å². The molecule has 0 radical (unpaired) electrons. The van der Waals surface area contributed by atoms with Gasteiger partial charge in [0.15, 0.2) is 12.4 Å². The summed E-state index contributed by atoms with van der Waals surface area (Å²) in [6, 6.07) is 43.5. The molecular formula is C40H29N3+2. The zero-order valence-corrected chi connectivity index (χ0v) is 24.2. The number of hydrogen-bond acceptors (Lipinski definition) is 1. The second-order valence-electron chi connectivity index (χ2n) is 13.4. The molecule has 4 bridgehead atoms. The molecule has 3 aliphatic heterocycles. The Morgan fingerprint density at radius 1 is 0.535 bits per heavy atom. The third-order valence-corrected chi connectivity index (χ3v) is 11.4. The van der Waals surface area contributed by atoms with E-state index < -0.39 is 0 Å². The molecule has 4 aromatic carbocycles. The summed E-state index contributed by atoms with van der Waals surface area (Å²) in [5, 5.41) is 0. The van der Waals surface area contributed by atoms with Gasteiger partial charge in [-0.1, -0.05) is 56.3 Å². The minimum absolute atomic E-state index is 0.0617. The van der Waals surface area contributed by atoms with Crippen LogP contribution in [0.4, 0.5) is 17.1 Å². The lowest BCUT2D eigenvalue weighted by Gasteiger charge is -2.30. The number of fused-ring (bicyclic) bond motifs is 7. The molecule has 2 aliphatic carbocycles. The van der Waals surface area contributed by atoms with Crippen LogP contribution >= 0.6 is 0 Å². The predicted molar refractivity (Wildman–Crippen MR) is 169 cm³/mol. The van der Waals surface area contributed by atoms with Gasteiger partial charge in [-0.3, -0.25) is 0 Å². The van der Waals surface area contributed by atoms with Gasteiger partial charge in [-0.25, -0.2) is 0 Å². The molecule has 0 spiro atoms. The highest BCUT2D eigenvalue weighted by atomic mass is 15.3. The van der Waals surface area contributed by atoms with Crippen LogP contribution in [0.15, 0.2) is 128 Å². The fourth-order valence-corrected chi connectivity index (χ4v) is 9.71. The smallest absolute Gasteiger partial charge is 0.272 e. The van der Waals surface area contributed by atoms with Crippen molar-refractivity contribution in [1.29, 1.82) is 0 Å². The summed E-state index contributed by atoms with van der Waals surface area (Å²) in [6.45, 7) is 4.76. The first-order valence-electron chi connectivity index (χ1n) is 15.4. The summed E-state index contributed by atoms with van der Waals surface area (Å²) >= 11 is 0. The lowest BCUT2D eigenvalue weighted by atomic mass is 9.80. The number of anilines is 3. The second-order valence-corrected chi connectivity index (χ2v) is 13.4. The topological polar surface area (TPSA) is 11.0 Å². The van der Waals surface area contributed by atoms with Gasteiger partial charge in [-0.15, -0.1) is 0 Å². The van der Waals surface area contributed by atoms with Crippen LogP contribution in [0.2, 0.25) is 0 Å². The minimum atomic E-state index is -0.182. The molecule has 202 valence electrons. The largest absolute Gasteiger partial charge is 0.309 e. The van der Waals surface area contributed by atoms with Crippen molar-refractivity contribution in [3.63, 3.8) is 0 Å². The first-order chi connectivity index (χ1) is 21.1. The van der Waals surface area contributed by atoms with E-state index in [4.69, 9.17) is 0 Å². The average molecular weight is 552 g/mol. The van der Waals surface area contributed by atoms with Gasteiger partial charge in [-0.05, 0) is 70.8 Å². The van der Waals surface area contributed by atoms with E-state index in [0.29, 0.717) is 0 Å². The molecule has 5 heterocycles. The minimum Gasteiger partial charge on any atom is -0.309 e. The maximum atomic E-state index is 2.61. The zero-order valence-electron chi connectivity index (χ0n) is 24.2. The van der Waals surface area contributed by atoms with Crippen molar-refractivity contribution in [2.24, 2.45) is 0 Å². The van der Waals surface area contributed by atoms with Gasteiger partial charge >= 0.3 is 0 Å². The van der Waals surface area contributed by atoms with Gasteiger partial charge in [0.25, 0.3) is 11.1 Å². The molecule has 3 heteroatoms. The standard InChI is InChI=1S/C40H29N3/c1-38(2)30-14-4-3-11-26(30)27-20-19-25(23-31(27)38)43-34-17-9-12-28-32-15-5-7-21-41(32)39-24-40(39,36(28)34)42-22-8-6-16-33(42)29-13-10-18-35(43)37(29)39/h3-23H,24H2,1-2H3/q+2. The van der Waals surface area contributed by atoms with E-state index in [-0.39, 0.29) is 16.5 Å². The number of aromatic nitrogens is 2. The molecule has 6 aromatic rings. The summed E-state index contributed by atoms with van der Waals surface area (Å²) in [4.78, 5) is 2.59. The highest BCUT2D eigenvalue weighted by molar-refractivity contribution is 5.94. The highest BCUT2D eigenvalue weighted by Crippen LogP contribution is 2.73. The summed E-state index contributed by atoms with van der Waals surface area (Å²) in [5.41, 5.74) is 17.1. The van der Waals surface area contributed by atoms with E-state index >= 15 is 0 Å². The highest BCUT2D eigenvalue weighted by Gasteiger charge is 2.91. The SMILES string of the molecule is CC1(C)c2ccccc2-c2ccc(N3c4cccc5c4C46CC4(c4c(cccc43)-c3cccc[n+]36)[n+]3ccccc3-5)cc21. The van der Waals surface area contributed by atoms with E-state index in [1.54, 1.807) is 0 Å². The predicted octanol–water partition coefficient (Wildman–Crippen LogP) is 7.90. The summed E-state index contributed by atoms with van der Waals surface area (Å²) in [5.74, 6) is 0. The number of pyridine rings is 2. The third kappa shape index (κ3) is 2.24. The van der Waals surface area contributed by atoms with E-state index in [1.807, 2.05) is 0 Å². The molecule has 0 saturated heterocycles. The molecule has 5 aliphatic rings. The van der Waals surface area contributed by atoms with Crippen LogP contribution in [0, 0.1) is 0 Å². The Kier molecular flexibility index (Phi) is 3.65. The van der Waals surface area contributed by atoms with Crippen LogP contribution in [0.5, 0.6) is 0 Å². The van der Waals surface area contributed by atoms with Crippen LogP contribution in [-0.2, 0) is 16.5 Å². The molecular weight excluding hydrogens is 522 g/mol. The fraction of sp³-hybridized carbons (Fsp3) is 0.150. The van der Waals surface area contributed by atoms with Gasteiger partial charge in [-0.2, -0.15) is 9.13 Å². The lowest BCUT2D eigenvalue weighted by molar-refractivity contribution is -0.800. The number of benzene rings is 4. The van der Waals surface area contributed by atoms with E-state index in [2.05, 4.69) is 156 Å². The van der Waals surface area contributed by atoms with E-state index in [9.17, 15) is 0 Å². The van der Waals surface area contributed by atoms with Crippen molar-refractivity contribution in [2.75, 3.05) is 4.90 Å². The Bertz CT molecular complexity index is 2170. The molecule has 2 aromatic heterocycles. The Hall–Kier alpha value is -5.02. The third-order valence-electron chi connectivity index (χ3n) is 11.4. The molecule has 11 rings (SSSR count). The monoisotopic (exact) mass is 551 g/mol. The fourth-order valence-electron chi connectivity index (χ4n) is 9.71. The van der Waals surface area contributed by atoms with Gasteiger partial charge < -0.3 is 4.90 Å². The van der Waals surface area contributed by atoms with Crippen molar-refractivity contribution in [3.05, 3.63) is 150 Å². The number of rotatable bonds is 1. The van der Waals surface area contributed by atoms with Gasteiger partial charge in [0, 0.05) is 35.4 Å². The quantitative estimate of drug-likeness (QED) is 0.189. The zero-order chi connectivity index (χ0) is 28.3. The van der Waals surface area contributed by atoms with Gasteiger partial charge in [0.05, 0.1) is 33.6 Å². The first-order valence-corrected chi connectivity index (χ1v) is 15.4. The Balaban J connectivity index is 1.29. The maximum absolute atomic E-state index is 2.61. The first kappa shape index (κ1) is 22.6. The van der Waals surface area contributed by atoms with Gasteiger partial charge in [0.2, 0.25) is 11.4 Å². The Labute approximate surface area is 250 Å². The van der Waals surface area contributed by atoms with Crippen LogP contribution in [-0.4, -0.2) is 0 Å². The second kappa shape index (κ2) is 6.95. The molecule has 2 unspecified atom stereocenters. The van der Waals surface area contributed by atoms with E-state index in [1.165, 1.54) is 73.0 Å². The Morgan fingerprint density at radius 2 is 1.09 bits per heavy atom. The van der Waals surface area contributed by atoms with Crippen molar-refractivity contribution in [1.82, 2.24) is 0 Å². The molecule has 43 heavy (non-hydrogen) atoms. The number of nitrogens with zero attached hydrogens (tertiary/aromatic N) is 3. The maximum Gasteiger partial charge on any atom is 0.272 e. The van der Waals surface area contributed by atoms with Crippen molar-refractivity contribution in [2.45, 2.75) is 36.8 Å². The van der Waals surface area contributed by atoms with Crippen LogP contribution in [0.1, 0.15) is 42.5 Å². The van der Waals surface area contributed by atoms with E-state index in [0.717, 1.165) is 6.42 Å². The molecule has 0 amide bonds. The summed E-state index contributed by atoms with van der Waals surface area (Å²) < 4.78 is 5.21. The molecule has 0 N–H and O–H groups in total.